The van der Waals surface area contributed by atoms with Gasteiger partial charge in [-0.2, -0.15) is 0 Å². The lowest BCUT2D eigenvalue weighted by Crippen LogP contribution is -2.17. The highest BCUT2D eigenvalue weighted by Gasteiger charge is 2.00. The Balaban J connectivity index is 1.81. The number of hydrogen-bond acceptors (Lipinski definition) is 2. The van der Waals surface area contributed by atoms with Crippen molar-refractivity contribution in [3.8, 4) is 0 Å². The summed E-state index contributed by atoms with van der Waals surface area (Å²) in [6.07, 6.45) is 0.889. The number of pyridine rings is 1. The largest absolute Gasteiger partial charge is 0.311 e. The normalized spacial score (nSPS) is 10.7. The van der Waals surface area contributed by atoms with Crippen molar-refractivity contribution in [3.63, 3.8) is 0 Å². The van der Waals surface area contributed by atoms with Gasteiger partial charge in [-0.3, -0.25) is 0 Å². The first kappa shape index (κ1) is 14.2. The van der Waals surface area contributed by atoms with E-state index in [2.05, 4.69) is 26.2 Å². The fraction of sp³-hybridized carbons (Fsp3) is 0.267. The third-order valence-corrected chi connectivity index (χ3v) is 3.40. The maximum Gasteiger partial charge on any atom is 0.123 e. The molecule has 0 bridgehead atoms. The molecular formula is C15H16BrFN2. The van der Waals surface area contributed by atoms with Gasteiger partial charge in [0, 0.05) is 6.54 Å². The molecule has 0 aliphatic rings. The van der Waals surface area contributed by atoms with E-state index < -0.39 is 0 Å². The average Bonchev–Trinajstić information content (AvgIpc) is 2.37. The Labute approximate surface area is 121 Å². The van der Waals surface area contributed by atoms with E-state index in [1.165, 1.54) is 11.6 Å². The van der Waals surface area contributed by atoms with E-state index in [1.54, 1.807) is 6.07 Å². The first-order valence-corrected chi connectivity index (χ1v) is 7.01. The van der Waals surface area contributed by atoms with Crippen LogP contribution in [0.1, 0.15) is 16.8 Å². The van der Waals surface area contributed by atoms with Gasteiger partial charge < -0.3 is 5.32 Å². The highest BCUT2D eigenvalue weighted by atomic mass is 79.9. The smallest absolute Gasteiger partial charge is 0.123 e. The number of benzene rings is 1. The van der Waals surface area contributed by atoms with Gasteiger partial charge in [0.15, 0.2) is 0 Å². The van der Waals surface area contributed by atoms with E-state index in [4.69, 9.17) is 0 Å². The predicted molar refractivity (Wildman–Crippen MR) is 78.5 cm³/mol. The Bertz CT molecular complexity index is 558. The van der Waals surface area contributed by atoms with E-state index in [0.717, 1.165) is 35.4 Å². The quantitative estimate of drug-likeness (QED) is 0.671. The molecule has 19 heavy (non-hydrogen) atoms. The third-order valence-electron chi connectivity index (χ3n) is 2.95. The Morgan fingerprint density at radius 2 is 2.11 bits per heavy atom. The summed E-state index contributed by atoms with van der Waals surface area (Å²) in [5, 5.41) is 3.34. The molecule has 0 saturated heterocycles. The lowest BCUT2D eigenvalue weighted by molar-refractivity contribution is 0.624. The maximum atomic E-state index is 13.0. The Morgan fingerprint density at radius 3 is 2.84 bits per heavy atom. The van der Waals surface area contributed by atoms with Gasteiger partial charge in [-0.25, -0.2) is 9.37 Å². The van der Waals surface area contributed by atoms with Crippen LogP contribution in [0.3, 0.4) is 0 Å². The Hall–Kier alpha value is -1.26. The molecule has 0 atom stereocenters. The van der Waals surface area contributed by atoms with E-state index in [1.807, 2.05) is 31.2 Å². The van der Waals surface area contributed by atoms with Crippen molar-refractivity contribution in [2.24, 2.45) is 0 Å². The fourth-order valence-electron chi connectivity index (χ4n) is 1.93. The molecule has 1 N–H and O–H groups in total. The molecule has 0 amide bonds. The van der Waals surface area contributed by atoms with Crippen molar-refractivity contribution >= 4 is 15.9 Å². The first-order valence-electron chi connectivity index (χ1n) is 6.22. The minimum atomic E-state index is -0.174. The number of rotatable bonds is 5. The number of aryl methyl sites for hydroxylation is 1. The van der Waals surface area contributed by atoms with Gasteiger partial charge in [0.2, 0.25) is 0 Å². The lowest BCUT2D eigenvalue weighted by Gasteiger charge is -2.07. The summed E-state index contributed by atoms with van der Waals surface area (Å²) in [5.41, 5.74) is 3.18. The molecule has 1 heterocycles. The molecule has 0 fully saturated rings. The van der Waals surface area contributed by atoms with Crippen LogP contribution in [0.4, 0.5) is 4.39 Å². The number of halogens is 2. The second-order valence-electron chi connectivity index (χ2n) is 4.45. The molecule has 0 aliphatic carbocycles. The molecule has 1 aromatic heterocycles. The second-order valence-corrected chi connectivity index (χ2v) is 5.26. The number of nitrogens with one attached hydrogen (secondary N) is 1. The van der Waals surface area contributed by atoms with Crippen LogP contribution in [-0.4, -0.2) is 11.5 Å². The van der Waals surface area contributed by atoms with Gasteiger partial charge in [-0.05, 0) is 71.2 Å². The molecule has 100 valence electrons. The molecule has 1 aromatic carbocycles. The summed E-state index contributed by atoms with van der Waals surface area (Å²) < 4.78 is 13.8. The van der Waals surface area contributed by atoms with Crippen LogP contribution >= 0.6 is 15.9 Å². The SMILES string of the molecule is Cc1cc(F)ccc1CCNCc1cccc(Br)n1. The summed E-state index contributed by atoms with van der Waals surface area (Å²) in [6, 6.07) is 10.8. The van der Waals surface area contributed by atoms with Crippen LogP contribution in [-0.2, 0) is 13.0 Å². The zero-order valence-electron chi connectivity index (χ0n) is 10.8. The summed E-state index contributed by atoms with van der Waals surface area (Å²) in [5.74, 6) is -0.174. The highest BCUT2D eigenvalue weighted by molar-refractivity contribution is 9.10. The zero-order chi connectivity index (χ0) is 13.7. The van der Waals surface area contributed by atoms with Gasteiger partial charge in [-0.1, -0.05) is 12.1 Å². The van der Waals surface area contributed by atoms with Gasteiger partial charge in [0.05, 0.1) is 5.69 Å². The summed E-state index contributed by atoms with van der Waals surface area (Å²) in [6.45, 7) is 3.52. The number of aromatic nitrogens is 1. The van der Waals surface area contributed by atoms with Crippen LogP contribution in [0.25, 0.3) is 0 Å². The highest BCUT2D eigenvalue weighted by Crippen LogP contribution is 2.10. The second kappa shape index (κ2) is 6.78. The maximum absolute atomic E-state index is 13.0. The number of hydrogen-bond donors (Lipinski definition) is 1. The number of nitrogens with zero attached hydrogens (tertiary/aromatic N) is 1. The summed E-state index contributed by atoms with van der Waals surface area (Å²) in [7, 11) is 0. The topological polar surface area (TPSA) is 24.9 Å². The summed E-state index contributed by atoms with van der Waals surface area (Å²) in [4.78, 5) is 4.35. The third kappa shape index (κ3) is 4.40. The molecule has 2 nitrogen and oxygen atoms in total. The van der Waals surface area contributed by atoms with Crippen molar-refractivity contribution in [1.29, 1.82) is 0 Å². The van der Waals surface area contributed by atoms with E-state index >= 15 is 0 Å². The Kier molecular flexibility index (Phi) is 5.05. The van der Waals surface area contributed by atoms with Crippen LogP contribution in [0.5, 0.6) is 0 Å². The lowest BCUT2D eigenvalue weighted by atomic mass is 10.1. The minimum absolute atomic E-state index is 0.174. The van der Waals surface area contributed by atoms with Crippen LogP contribution < -0.4 is 5.32 Å². The van der Waals surface area contributed by atoms with Crippen molar-refractivity contribution in [1.82, 2.24) is 10.3 Å². The summed E-state index contributed by atoms with van der Waals surface area (Å²) >= 11 is 3.35. The van der Waals surface area contributed by atoms with Gasteiger partial charge in [0.25, 0.3) is 0 Å². The van der Waals surface area contributed by atoms with Crippen molar-refractivity contribution in [2.75, 3.05) is 6.54 Å². The molecule has 0 unspecified atom stereocenters. The first-order chi connectivity index (χ1) is 9.15. The van der Waals surface area contributed by atoms with Crippen LogP contribution in [0.2, 0.25) is 0 Å². The van der Waals surface area contributed by atoms with Crippen molar-refractivity contribution in [3.05, 3.63) is 63.6 Å². The van der Waals surface area contributed by atoms with E-state index in [-0.39, 0.29) is 5.82 Å². The van der Waals surface area contributed by atoms with E-state index in [0.29, 0.717) is 0 Å². The van der Waals surface area contributed by atoms with Crippen LogP contribution in [0.15, 0.2) is 41.0 Å². The molecular weight excluding hydrogens is 307 g/mol. The van der Waals surface area contributed by atoms with Gasteiger partial charge in [-0.15, -0.1) is 0 Å². The van der Waals surface area contributed by atoms with E-state index in [9.17, 15) is 4.39 Å². The molecule has 2 aromatic rings. The Morgan fingerprint density at radius 1 is 1.26 bits per heavy atom. The van der Waals surface area contributed by atoms with Gasteiger partial charge in [0.1, 0.15) is 10.4 Å². The standard InChI is InChI=1S/C15H16BrFN2/c1-11-9-13(17)6-5-12(11)7-8-18-10-14-3-2-4-15(16)19-14/h2-6,9,18H,7-8,10H2,1H3. The zero-order valence-corrected chi connectivity index (χ0v) is 12.4. The van der Waals surface area contributed by atoms with Crippen molar-refractivity contribution in [2.45, 2.75) is 19.9 Å². The van der Waals surface area contributed by atoms with Crippen LogP contribution in [0, 0.1) is 12.7 Å². The van der Waals surface area contributed by atoms with Gasteiger partial charge >= 0.3 is 0 Å². The predicted octanol–water partition coefficient (Wildman–Crippen LogP) is 3.62. The molecule has 0 spiro atoms. The fourth-order valence-corrected chi connectivity index (χ4v) is 2.31. The average molecular weight is 323 g/mol. The van der Waals surface area contributed by atoms with Crippen molar-refractivity contribution < 1.29 is 4.39 Å². The molecule has 2 rings (SSSR count). The monoisotopic (exact) mass is 322 g/mol. The molecule has 0 radical (unpaired) electrons. The molecule has 4 heteroatoms. The molecule has 0 aliphatic heterocycles. The molecule has 0 saturated carbocycles. The minimum Gasteiger partial charge on any atom is -0.311 e.